The van der Waals surface area contributed by atoms with E-state index in [9.17, 15) is 23.1 Å². The van der Waals surface area contributed by atoms with Gasteiger partial charge in [0.15, 0.2) is 11.5 Å². The van der Waals surface area contributed by atoms with Gasteiger partial charge in [0.25, 0.3) is 5.91 Å². The number of aliphatic hydroxyl groups excluding tert-OH is 1. The lowest BCUT2D eigenvalue weighted by Crippen LogP contribution is -2.36. The SMILES string of the molecule is O=C(Nc1cnc2ccc(N3C[C@@H](F)C[C@@H]3c3cc(F)ccc3F)nn12)c1cnc(N2CCC(O)CC2)cn1. The van der Waals surface area contributed by atoms with Crippen LogP contribution in [-0.2, 0) is 0 Å². The first kappa shape index (κ1) is 25.0. The number of aliphatic hydroxyl groups is 1. The zero-order chi connectivity index (χ0) is 27.1. The van der Waals surface area contributed by atoms with Crippen LogP contribution in [-0.4, -0.2) is 67.5 Å². The maximum absolute atomic E-state index is 14.5. The van der Waals surface area contributed by atoms with Crippen molar-refractivity contribution < 1.29 is 23.1 Å². The molecule has 0 aliphatic carbocycles. The molecule has 3 aromatic heterocycles. The minimum absolute atomic E-state index is 0.0136. The molecule has 2 aliphatic rings. The molecule has 0 spiro atoms. The molecule has 2 aliphatic heterocycles. The Kier molecular flexibility index (Phi) is 6.51. The summed E-state index contributed by atoms with van der Waals surface area (Å²) < 4.78 is 44.3. The smallest absolute Gasteiger partial charge is 0.277 e. The molecular formula is C26H25F3N8O2. The number of fused-ring (bicyclic) bond motifs is 1. The number of piperidine rings is 1. The predicted octanol–water partition coefficient (Wildman–Crippen LogP) is 3.30. The number of carbonyl (C=O) groups excluding carboxylic acids is 1. The lowest BCUT2D eigenvalue weighted by atomic mass is 10.0. The maximum atomic E-state index is 14.5. The molecule has 13 heteroatoms. The molecule has 39 heavy (non-hydrogen) atoms. The molecule has 6 rings (SSSR count). The number of nitrogens with one attached hydrogen (secondary N) is 1. The van der Waals surface area contributed by atoms with E-state index in [1.54, 1.807) is 17.0 Å². The Morgan fingerprint density at radius 1 is 1.00 bits per heavy atom. The lowest BCUT2D eigenvalue weighted by molar-refractivity contribution is 0.102. The Morgan fingerprint density at radius 2 is 1.82 bits per heavy atom. The standard InChI is InChI=1S/C26H25F3N8O2/c27-15-1-2-19(29)18(9-15)21-10-16(28)14-36(21)23-4-3-22-32-13-25(37(22)34-23)33-26(39)20-11-31-24(12-30-20)35-7-5-17(38)6-8-35/h1-4,9,11-13,16-17,21,38H,5-8,10,14H2,(H,33,39)/t16-,21+/m0/s1. The molecule has 10 nitrogen and oxygen atoms in total. The summed E-state index contributed by atoms with van der Waals surface area (Å²) in [7, 11) is 0. The number of hydrogen-bond donors (Lipinski definition) is 2. The van der Waals surface area contributed by atoms with E-state index >= 15 is 0 Å². The van der Waals surface area contributed by atoms with Gasteiger partial charge in [-0.15, -0.1) is 5.10 Å². The number of halogens is 3. The third-order valence-electron chi connectivity index (χ3n) is 7.11. The quantitative estimate of drug-likeness (QED) is 0.398. The summed E-state index contributed by atoms with van der Waals surface area (Å²) in [5.41, 5.74) is 0.564. The first-order chi connectivity index (χ1) is 18.9. The van der Waals surface area contributed by atoms with Gasteiger partial charge in [0.05, 0.1) is 37.3 Å². The molecule has 0 saturated carbocycles. The van der Waals surface area contributed by atoms with Gasteiger partial charge in [-0.1, -0.05) is 0 Å². The van der Waals surface area contributed by atoms with Crippen LogP contribution < -0.4 is 15.1 Å². The highest BCUT2D eigenvalue weighted by atomic mass is 19.1. The van der Waals surface area contributed by atoms with Crippen molar-refractivity contribution in [2.24, 2.45) is 0 Å². The minimum atomic E-state index is -1.26. The van der Waals surface area contributed by atoms with E-state index in [2.05, 4.69) is 25.4 Å². The Hall–Kier alpha value is -4.26. The van der Waals surface area contributed by atoms with Crippen LogP contribution in [0.3, 0.4) is 0 Å². The van der Waals surface area contributed by atoms with Gasteiger partial charge < -0.3 is 20.2 Å². The van der Waals surface area contributed by atoms with Crippen LogP contribution in [0.5, 0.6) is 0 Å². The fourth-order valence-electron chi connectivity index (χ4n) is 5.08. The van der Waals surface area contributed by atoms with Gasteiger partial charge in [-0.2, -0.15) is 4.52 Å². The minimum Gasteiger partial charge on any atom is -0.393 e. The zero-order valence-electron chi connectivity index (χ0n) is 20.7. The second kappa shape index (κ2) is 10.1. The monoisotopic (exact) mass is 538 g/mol. The van der Waals surface area contributed by atoms with Crippen LogP contribution in [0.2, 0.25) is 0 Å². The molecular weight excluding hydrogens is 513 g/mol. The number of hydrogen-bond acceptors (Lipinski definition) is 8. The van der Waals surface area contributed by atoms with E-state index in [0.717, 1.165) is 18.2 Å². The number of rotatable bonds is 5. The van der Waals surface area contributed by atoms with Crippen molar-refractivity contribution in [3.8, 4) is 0 Å². The topological polar surface area (TPSA) is 112 Å². The second-order valence-corrected chi connectivity index (χ2v) is 9.70. The molecule has 2 saturated heterocycles. The molecule has 202 valence electrons. The van der Waals surface area contributed by atoms with E-state index in [-0.39, 0.29) is 36.1 Å². The summed E-state index contributed by atoms with van der Waals surface area (Å²) in [6.45, 7) is 1.27. The summed E-state index contributed by atoms with van der Waals surface area (Å²) in [4.78, 5) is 29.3. The fraction of sp³-hybridized carbons (Fsp3) is 0.346. The molecule has 0 bridgehead atoms. The number of alkyl halides is 1. The van der Waals surface area contributed by atoms with Crippen LogP contribution in [0.1, 0.15) is 41.4 Å². The fourth-order valence-corrected chi connectivity index (χ4v) is 5.08. The van der Waals surface area contributed by atoms with Gasteiger partial charge in [-0.05, 0) is 43.2 Å². The number of aromatic nitrogens is 5. The van der Waals surface area contributed by atoms with Crippen molar-refractivity contribution in [2.45, 2.75) is 37.6 Å². The van der Waals surface area contributed by atoms with Gasteiger partial charge in [-0.3, -0.25) is 4.79 Å². The van der Waals surface area contributed by atoms with Crippen molar-refractivity contribution >= 4 is 29.0 Å². The number of anilines is 3. The number of amides is 1. The highest BCUT2D eigenvalue weighted by Gasteiger charge is 2.36. The summed E-state index contributed by atoms with van der Waals surface area (Å²) in [5, 5.41) is 16.9. The van der Waals surface area contributed by atoms with Crippen molar-refractivity contribution in [1.82, 2.24) is 24.6 Å². The first-order valence-electron chi connectivity index (χ1n) is 12.6. The molecule has 0 radical (unpaired) electrons. The van der Waals surface area contributed by atoms with Crippen molar-refractivity contribution in [3.05, 3.63) is 71.8 Å². The average molecular weight is 539 g/mol. The van der Waals surface area contributed by atoms with E-state index in [1.165, 1.54) is 23.1 Å². The molecule has 2 N–H and O–H groups in total. The van der Waals surface area contributed by atoms with E-state index < -0.39 is 29.8 Å². The molecule has 1 amide bonds. The number of nitrogens with zero attached hydrogens (tertiary/aromatic N) is 7. The molecule has 5 heterocycles. The first-order valence-corrected chi connectivity index (χ1v) is 12.6. The average Bonchev–Trinajstić information content (AvgIpc) is 3.53. The van der Waals surface area contributed by atoms with Gasteiger partial charge in [0.2, 0.25) is 0 Å². The molecule has 2 atom stereocenters. The van der Waals surface area contributed by atoms with Crippen LogP contribution in [0.25, 0.3) is 5.65 Å². The number of imidazole rings is 1. The summed E-state index contributed by atoms with van der Waals surface area (Å²) >= 11 is 0. The summed E-state index contributed by atoms with van der Waals surface area (Å²) in [6, 6.07) is 5.65. The van der Waals surface area contributed by atoms with E-state index in [4.69, 9.17) is 0 Å². The Balaban J connectivity index is 1.23. The van der Waals surface area contributed by atoms with Crippen molar-refractivity contribution in [2.75, 3.05) is 34.8 Å². The van der Waals surface area contributed by atoms with E-state index in [0.29, 0.717) is 43.2 Å². The molecule has 0 unspecified atom stereocenters. The summed E-state index contributed by atoms with van der Waals surface area (Å²) in [6.07, 6.45) is 4.04. The van der Waals surface area contributed by atoms with Crippen LogP contribution in [0.15, 0.2) is 48.9 Å². The van der Waals surface area contributed by atoms with E-state index in [1.807, 2.05) is 4.90 Å². The van der Waals surface area contributed by atoms with Crippen LogP contribution in [0, 0.1) is 11.6 Å². The van der Waals surface area contributed by atoms with Gasteiger partial charge in [0.1, 0.15) is 35.1 Å². The van der Waals surface area contributed by atoms with Gasteiger partial charge in [-0.25, -0.2) is 28.1 Å². The second-order valence-electron chi connectivity index (χ2n) is 9.70. The van der Waals surface area contributed by atoms with Crippen molar-refractivity contribution in [1.29, 1.82) is 0 Å². The third kappa shape index (κ3) is 4.97. The van der Waals surface area contributed by atoms with Crippen molar-refractivity contribution in [3.63, 3.8) is 0 Å². The molecule has 1 aromatic carbocycles. The van der Waals surface area contributed by atoms with Gasteiger partial charge >= 0.3 is 0 Å². The summed E-state index contributed by atoms with van der Waals surface area (Å²) in [5.74, 6) is -0.565. The lowest BCUT2D eigenvalue weighted by Gasteiger charge is -2.30. The Morgan fingerprint density at radius 3 is 2.59 bits per heavy atom. The highest BCUT2D eigenvalue weighted by molar-refractivity contribution is 6.02. The Bertz CT molecular complexity index is 1510. The maximum Gasteiger partial charge on any atom is 0.277 e. The predicted molar refractivity (Wildman–Crippen MR) is 136 cm³/mol. The third-order valence-corrected chi connectivity index (χ3v) is 7.11. The molecule has 2 fully saturated rings. The number of carbonyl (C=O) groups is 1. The highest BCUT2D eigenvalue weighted by Crippen LogP contribution is 2.38. The number of benzene rings is 1. The molecule has 4 aromatic rings. The Labute approximate surface area is 221 Å². The van der Waals surface area contributed by atoms with Crippen LogP contribution >= 0.6 is 0 Å². The van der Waals surface area contributed by atoms with Gasteiger partial charge in [0, 0.05) is 25.1 Å². The zero-order valence-corrected chi connectivity index (χ0v) is 20.7. The van der Waals surface area contributed by atoms with Crippen LogP contribution in [0.4, 0.5) is 30.6 Å². The normalized spacial score (nSPS) is 20.1. The largest absolute Gasteiger partial charge is 0.393 e.